The van der Waals surface area contributed by atoms with Gasteiger partial charge in [-0.3, -0.25) is 9.69 Å². The van der Waals surface area contributed by atoms with Crippen molar-refractivity contribution in [2.24, 2.45) is 0 Å². The zero-order chi connectivity index (χ0) is 32.1. The summed E-state index contributed by atoms with van der Waals surface area (Å²) in [5.74, 6) is 1.42. The number of aliphatic carboxylic acids is 1. The van der Waals surface area contributed by atoms with E-state index < -0.39 is 5.97 Å². The molecule has 0 unspecified atom stereocenters. The quantitative estimate of drug-likeness (QED) is 0.170. The number of halogens is 1. The fourth-order valence-electron chi connectivity index (χ4n) is 6.51. The van der Waals surface area contributed by atoms with E-state index >= 15 is 0 Å². The van der Waals surface area contributed by atoms with Crippen molar-refractivity contribution in [1.82, 2.24) is 9.80 Å². The van der Waals surface area contributed by atoms with Crippen molar-refractivity contribution in [3.8, 4) is 28.4 Å². The van der Waals surface area contributed by atoms with Gasteiger partial charge < -0.3 is 24.2 Å². The minimum atomic E-state index is -0.818. The third-order valence-electron chi connectivity index (χ3n) is 9.30. The molecule has 45 heavy (non-hydrogen) atoms. The lowest BCUT2D eigenvalue weighted by atomic mass is 9.89. The summed E-state index contributed by atoms with van der Waals surface area (Å²) in [6.07, 6.45) is 4.01. The first-order valence-electron chi connectivity index (χ1n) is 16.2. The number of fused-ring (bicyclic) bond motifs is 1. The molecular formula is C37H47ClN2O5. The predicted octanol–water partition coefficient (Wildman–Crippen LogP) is 7.94. The molecule has 0 bridgehead atoms. The summed E-state index contributed by atoms with van der Waals surface area (Å²) in [5.41, 5.74) is 7.30. The SMILES string of the molecule is CCOc1cc(O[C@@H]2CCc3c(-c4cccc(OCCCN5CCC5(C)C)c4C)cccc32)c(Cl)cc1CN(C)CCC(=O)O. The molecule has 1 fully saturated rings. The van der Waals surface area contributed by atoms with Crippen LogP contribution in [0.15, 0.2) is 48.5 Å². The highest BCUT2D eigenvalue weighted by Crippen LogP contribution is 2.44. The average molecular weight is 635 g/mol. The maximum Gasteiger partial charge on any atom is 0.304 e. The first kappa shape index (κ1) is 33.1. The second-order valence-corrected chi connectivity index (χ2v) is 13.3. The second-order valence-electron chi connectivity index (χ2n) is 12.9. The molecule has 242 valence electrons. The van der Waals surface area contributed by atoms with Crippen LogP contribution in [0, 0.1) is 6.92 Å². The number of nitrogens with zero attached hydrogens (tertiary/aromatic N) is 2. The van der Waals surface area contributed by atoms with Crippen molar-refractivity contribution in [3.05, 3.63) is 75.8 Å². The molecule has 1 atom stereocenters. The Morgan fingerprint density at radius 3 is 2.58 bits per heavy atom. The molecule has 0 amide bonds. The molecule has 1 N–H and O–H groups in total. The molecule has 0 spiro atoms. The van der Waals surface area contributed by atoms with Crippen molar-refractivity contribution in [2.45, 2.75) is 78.0 Å². The van der Waals surface area contributed by atoms with Gasteiger partial charge in [0.25, 0.3) is 0 Å². The van der Waals surface area contributed by atoms with Crippen LogP contribution in [0.2, 0.25) is 5.02 Å². The molecule has 0 saturated carbocycles. The predicted molar refractivity (Wildman–Crippen MR) is 180 cm³/mol. The van der Waals surface area contributed by atoms with E-state index in [-0.39, 0.29) is 12.5 Å². The first-order chi connectivity index (χ1) is 21.6. The van der Waals surface area contributed by atoms with Gasteiger partial charge in [0.2, 0.25) is 0 Å². The molecule has 2 aliphatic rings. The number of rotatable bonds is 15. The van der Waals surface area contributed by atoms with E-state index in [4.69, 9.17) is 30.9 Å². The zero-order valence-corrected chi connectivity index (χ0v) is 28.1. The lowest BCUT2D eigenvalue weighted by molar-refractivity contribution is -0.137. The van der Waals surface area contributed by atoms with Gasteiger partial charge in [-0.15, -0.1) is 0 Å². The lowest BCUT2D eigenvalue weighted by Gasteiger charge is -2.48. The van der Waals surface area contributed by atoms with Crippen LogP contribution in [0.25, 0.3) is 11.1 Å². The van der Waals surface area contributed by atoms with E-state index in [1.54, 1.807) is 0 Å². The average Bonchev–Trinajstić information content (AvgIpc) is 3.41. The van der Waals surface area contributed by atoms with Crippen LogP contribution < -0.4 is 14.2 Å². The molecule has 1 aliphatic heterocycles. The van der Waals surface area contributed by atoms with E-state index in [0.29, 0.717) is 48.4 Å². The standard InChI is InChI=1S/C37H47ClN2O5/c1-6-43-34-23-35(31(38)22-26(34)24-39(5)19-16-36(41)42)45-33-15-14-29-28(11-7-12-30(29)33)27-10-8-13-32(25(27)2)44-21-9-18-40-20-17-37(40,3)4/h7-8,10-13,22-23,33H,6,9,14-21,24H2,1-5H3,(H,41,42)/t33-/m1/s1. The number of hydrogen-bond acceptors (Lipinski definition) is 6. The Hall–Kier alpha value is -3.26. The van der Waals surface area contributed by atoms with Crippen LogP contribution in [-0.2, 0) is 17.8 Å². The minimum absolute atomic E-state index is 0.0762. The first-order valence-corrected chi connectivity index (χ1v) is 16.6. The number of carboxylic acid groups (broad SMARTS) is 1. The fourth-order valence-corrected chi connectivity index (χ4v) is 6.74. The summed E-state index contributed by atoms with van der Waals surface area (Å²) in [6.45, 7) is 13.2. The highest BCUT2D eigenvalue weighted by atomic mass is 35.5. The van der Waals surface area contributed by atoms with Gasteiger partial charge in [-0.2, -0.15) is 0 Å². The van der Waals surface area contributed by atoms with Crippen molar-refractivity contribution >= 4 is 17.6 Å². The van der Waals surface area contributed by atoms with Gasteiger partial charge in [0.1, 0.15) is 23.4 Å². The Labute approximate surface area is 273 Å². The van der Waals surface area contributed by atoms with Crippen molar-refractivity contribution in [2.75, 3.05) is 39.9 Å². The Bertz CT molecular complexity index is 1510. The van der Waals surface area contributed by atoms with Crippen LogP contribution in [0.5, 0.6) is 17.2 Å². The number of ether oxygens (including phenoxy) is 3. The molecule has 8 heteroatoms. The Morgan fingerprint density at radius 2 is 1.87 bits per heavy atom. The summed E-state index contributed by atoms with van der Waals surface area (Å²) in [6, 6.07) is 16.6. The van der Waals surface area contributed by atoms with Gasteiger partial charge in [-0.05, 0) is 100 Å². The Kier molecular flexibility index (Phi) is 10.6. The number of likely N-dealkylation sites (tertiary alicyclic amines) is 1. The summed E-state index contributed by atoms with van der Waals surface area (Å²) in [5, 5.41) is 9.56. The fraction of sp³-hybridized carbons (Fsp3) is 0.486. The normalized spacial score (nSPS) is 17.2. The summed E-state index contributed by atoms with van der Waals surface area (Å²) >= 11 is 6.77. The topological polar surface area (TPSA) is 71.5 Å². The monoisotopic (exact) mass is 634 g/mol. The van der Waals surface area contributed by atoms with Gasteiger partial charge in [-0.25, -0.2) is 0 Å². The molecule has 3 aromatic carbocycles. The maximum atomic E-state index is 11.0. The minimum Gasteiger partial charge on any atom is -0.493 e. The van der Waals surface area contributed by atoms with Crippen LogP contribution in [0.1, 0.15) is 74.8 Å². The largest absolute Gasteiger partial charge is 0.493 e. The molecule has 7 nitrogen and oxygen atoms in total. The molecule has 3 aromatic rings. The van der Waals surface area contributed by atoms with E-state index in [9.17, 15) is 4.79 Å². The molecule has 0 radical (unpaired) electrons. The second kappa shape index (κ2) is 14.4. The molecule has 1 aliphatic carbocycles. The van der Waals surface area contributed by atoms with Gasteiger partial charge in [0, 0.05) is 43.3 Å². The van der Waals surface area contributed by atoms with E-state index in [0.717, 1.165) is 42.7 Å². The smallest absolute Gasteiger partial charge is 0.304 e. The Morgan fingerprint density at radius 1 is 1.09 bits per heavy atom. The summed E-state index contributed by atoms with van der Waals surface area (Å²) in [7, 11) is 1.89. The highest BCUT2D eigenvalue weighted by molar-refractivity contribution is 6.32. The summed E-state index contributed by atoms with van der Waals surface area (Å²) < 4.78 is 18.8. The highest BCUT2D eigenvalue weighted by Gasteiger charge is 2.34. The van der Waals surface area contributed by atoms with E-state index in [2.05, 4.69) is 62.1 Å². The lowest BCUT2D eigenvalue weighted by Crippen LogP contribution is -2.55. The van der Waals surface area contributed by atoms with Crippen LogP contribution in [0.4, 0.5) is 0 Å². The van der Waals surface area contributed by atoms with Crippen molar-refractivity contribution < 1.29 is 24.1 Å². The molecule has 1 heterocycles. The molecular weight excluding hydrogens is 588 g/mol. The Balaban J connectivity index is 1.30. The van der Waals surface area contributed by atoms with Crippen LogP contribution in [0.3, 0.4) is 0 Å². The van der Waals surface area contributed by atoms with Crippen LogP contribution in [-0.4, -0.2) is 66.3 Å². The number of carbonyl (C=O) groups is 1. The third-order valence-corrected chi connectivity index (χ3v) is 9.60. The third kappa shape index (κ3) is 7.76. The van der Waals surface area contributed by atoms with Crippen molar-refractivity contribution in [3.63, 3.8) is 0 Å². The summed E-state index contributed by atoms with van der Waals surface area (Å²) in [4.78, 5) is 15.5. The number of carboxylic acids is 1. The van der Waals surface area contributed by atoms with Crippen LogP contribution >= 0.6 is 11.6 Å². The molecule has 5 rings (SSSR count). The van der Waals surface area contributed by atoms with Gasteiger partial charge in [0.15, 0.2) is 0 Å². The van der Waals surface area contributed by atoms with Gasteiger partial charge in [-0.1, -0.05) is 41.9 Å². The van der Waals surface area contributed by atoms with Gasteiger partial charge >= 0.3 is 5.97 Å². The van der Waals surface area contributed by atoms with E-state index in [1.807, 2.05) is 31.0 Å². The molecule has 0 aromatic heterocycles. The zero-order valence-electron chi connectivity index (χ0n) is 27.3. The number of hydrogen-bond donors (Lipinski definition) is 1. The molecule has 1 saturated heterocycles. The maximum absolute atomic E-state index is 11.0. The van der Waals surface area contributed by atoms with Gasteiger partial charge in [0.05, 0.1) is 24.7 Å². The van der Waals surface area contributed by atoms with Crippen molar-refractivity contribution in [1.29, 1.82) is 0 Å². The number of benzene rings is 3. The van der Waals surface area contributed by atoms with E-state index in [1.165, 1.54) is 35.2 Å².